The number of nitrogens with one attached hydrogen (secondary N) is 1. The van der Waals surface area contributed by atoms with Gasteiger partial charge in [0.1, 0.15) is 5.76 Å². The lowest BCUT2D eigenvalue weighted by atomic mass is 10.4. The number of hydrogen-bond donors (Lipinski definition) is 2. The second-order valence-electron chi connectivity index (χ2n) is 3.39. The molecule has 3 N–H and O–H groups in total. The lowest BCUT2D eigenvalue weighted by molar-refractivity contribution is 0.0924. The summed E-state index contributed by atoms with van der Waals surface area (Å²) in [5.41, 5.74) is 0. The molecule has 1 rings (SSSR count). The van der Waals surface area contributed by atoms with E-state index in [4.69, 9.17) is 9.56 Å². The van der Waals surface area contributed by atoms with Crippen molar-refractivity contribution >= 4 is 15.9 Å². The van der Waals surface area contributed by atoms with Gasteiger partial charge < -0.3 is 9.73 Å². The number of aryl methyl sites for hydroxylation is 1. The highest BCUT2D eigenvalue weighted by Crippen LogP contribution is 2.05. The normalized spacial score (nSPS) is 11.4. The van der Waals surface area contributed by atoms with E-state index >= 15 is 0 Å². The predicted octanol–water partition coefficient (Wildman–Crippen LogP) is -0.00358. The first-order valence-electron chi connectivity index (χ1n) is 4.73. The van der Waals surface area contributed by atoms with Gasteiger partial charge in [0.2, 0.25) is 10.0 Å². The standard InChI is InChI=1S/C9H14N2O4S/c1-7-3-4-8(15-7)9(12)11-5-2-6-16(10,13)14/h3-4H,2,5-6H2,1H3,(H,11,12)(H2,10,13,14). The quantitative estimate of drug-likeness (QED) is 0.713. The monoisotopic (exact) mass is 246 g/mol. The van der Waals surface area contributed by atoms with Crippen molar-refractivity contribution in [2.75, 3.05) is 12.3 Å². The fraction of sp³-hybridized carbons (Fsp3) is 0.444. The minimum Gasteiger partial charge on any atom is -0.456 e. The maximum absolute atomic E-state index is 11.4. The van der Waals surface area contributed by atoms with Gasteiger partial charge in [-0.15, -0.1) is 0 Å². The van der Waals surface area contributed by atoms with Gasteiger partial charge in [0, 0.05) is 6.54 Å². The van der Waals surface area contributed by atoms with Crippen LogP contribution < -0.4 is 10.5 Å². The van der Waals surface area contributed by atoms with Crippen LogP contribution in [-0.4, -0.2) is 26.6 Å². The Bertz CT molecular complexity index is 464. The Morgan fingerprint density at radius 1 is 1.50 bits per heavy atom. The third kappa shape index (κ3) is 4.45. The first-order chi connectivity index (χ1) is 7.38. The van der Waals surface area contributed by atoms with Gasteiger partial charge in [-0.25, -0.2) is 13.6 Å². The maximum Gasteiger partial charge on any atom is 0.286 e. The van der Waals surface area contributed by atoms with E-state index in [1.54, 1.807) is 19.1 Å². The molecule has 1 heterocycles. The van der Waals surface area contributed by atoms with Crippen molar-refractivity contribution in [1.82, 2.24) is 5.32 Å². The molecule has 0 radical (unpaired) electrons. The third-order valence-electron chi connectivity index (χ3n) is 1.86. The van der Waals surface area contributed by atoms with Crippen LogP contribution in [-0.2, 0) is 10.0 Å². The molecule has 1 amide bonds. The van der Waals surface area contributed by atoms with Gasteiger partial charge in [0.15, 0.2) is 5.76 Å². The van der Waals surface area contributed by atoms with Crippen LogP contribution in [0, 0.1) is 6.92 Å². The van der Waals surface area contributed by atoms with E-state index in [-0.39, 0.29) is 30.4 Å². The summed E-state index contributed by atoms with van der Waals surface area (Å²) in [6, 6.07) is 3.24. The van der Waals surface area contributed by atoms with Crippen LogP contribution in [0.5, 0.6) is 0 Å². The van der Waals surface area contributed by atoms with Crippen LogP contribution in [0.2, 0.25) is 0 Å². The topological polar surface area (TPSA) is 102 Å². The van der Waals surface area contributed by atoms with E-state index in [2.05, 4.69) is 5.32 Å². The molecule has 0 aliphatic heterocycles. The lowest BCUT2D eigenvalue weighted by Crippen LogP contribution is -2.27. The fourth-order valence-corrected chi connectivity index (χ4v) is 1.67. The van der Waals surface area contributed by atoms with Crippen molar-refractivity contribution in [2.45, 2.75) is 13.3 Å². The number of furan rings is 1. The number of sulfonamides is 1. The maximum atomic E-state index is 11.4. The van der Waals surface area contributed by atoms with Crippen LogP contribution in [0.4, 0.5) is 0 Å². The zero-order valence-corrected chi connectivity index (χ0v) is 9.71. The average molecular weight is 246 g/mol. The summed E-state index contributed by atoms with van der Waals surface area (Å²) in [5, 5.41) is 7.34. The number of primary sulfonamides is 1. The van der Waals surface area contributed by atoms with Crippen molar-refractivity contribution in [3.63, 3.8) is 0 Å². The molecule has 0 aliphatic carbocycles. The van der Waals surface area contributed by atoms with Crippen molar-refractivity contribution in [3.05, 3.63) is 23.7 Å². The molecular formula is C9H14N2O4S. The average Bonchev–Trinajstić information content (AvgIpc) is 2.57. The Morgan fingerprint density at radius 3 is 2.69 bits per heavy atom. The molecule has 0 spiro atoms. The summed E-state index contributed by atoms with van der Waals surface area (Å²) < 4.78 is 26.3. The zero-order chi connectivity index (χ0) is 12.2. The Morgan fingerprint density at radius 2 is 2.19 bits per heavy atom. The fourth-order valence-electron chi connectivity index (χ4n) is 1.12. The van der Waals surface area contributed by atoms with E-state index in [9.17, 15) is 13.2 Å². The second kappa shape index (κ2) is 5.13. The molecule has 0 fully saturated rings. The Hall–Kier alpha value is -1.34. The molecule has 0 saturated heterocycles. The molecule has 1 aromatic rings. The highest BCUT2D eigenvalue weighted by atomic mass is 32.2. The summed E-state index contributed by atoms with van der Waals surface area (Å²) in [7, 11) is -3.46. The molecule has 0 bridgehead atoms. The number of carbonyl (C=O) groups is 1. The minimum absolute atomic E-state index is 0.148. The van der Waals surface area contributed by atoms with Crippen LogP contribution in [0.3, 0.4) is 0 Å². The van der Waals surface area contributed by atoms with Crippen molar-refractivity contribution in [2.24, 2.45) is 5.14 Å². The van der Waals surface area contributed by atoms with Gasteiger partial charge in [0.05, 0.1) is 5.75 Å². The number of carbonyl (C=O) groups excluding carboxylic acids is 1. The summed E-state index contributed by atoms with van der Waals surface area (Å²) in [5.74, 6) is 0.357. The largest absolute Gasteiger partial charge is 0.456 e. The SMILES string of the molecule is Cc1ccc(C(=O)NCCCS(N)(=O)=O)o1. The summed E-state index contributed by atoms with van der Waals surface area (Å²) in [4.78, 5) is 11.4. The number of hydrogen-bond acceptors (Lipinski definition) is 4. The molecule has 16 heavy (non-hydrogen) atoms. The number of amides is 1. The molecule has 7 heteroatoms. The smallest absolute Gasteiger partial charge is 0.286 e. The summed E-state index contributed by atoms with van der Waals surface area (Å²) in [6.45, 7) is 1.98. The Balaban J connectivity index is 2.31. The van der Waals surface area contributed by atoms with Crippen molar-refractivity contribution in [1.29, 1.82) is 0 Å². The van der Waals surface area contributed by atoms with E-state index in [0.29, 0.717) is 5.76 Å². The van der Waals surface area contributed by atoms with E-state index in [1.165, 1.54) is 0 Å². The molecule has 0 aromatic carbocycles. The third-order valence-corrected chi connectivity index (χ3v) is 2.71. The molecule has 90 valence electrons. The molecular weight excluding hydrogens is 232 g/mol. The van der Waals surface area contributed by atoms with E-state index < -0.39 is 10.0 Å². The van der Waals surface area contributed by atoms with E-state index in [0.717, 1.165) is 0 Å². The summed E-state index contributed by atoms with van der Waals surface area (Å²) in [6.07, 6.45) is 0.282. The molecule has 1 aromatic heterocycles. The molecule has 6 nitrogen and oxygen atoms in total. The van der Waals surface area contributed by atoms with Crippen molar-refractivity contribution < 1.29 is 17.6 Å². The number of nitrogens with two attached hydrogens (primary N) is 1. The highest BCUT2D eigenvalue weighted by molar-refractivity contribution is 7.89. The highest BCUT2D eigenvalue weighted by Gasteiger charge is 2.09. The van der Waals surface area contributed by atoms with Gasteiger partial charge in [-0.3, -0.25) is 4.79 Å². The second-order valence-corrected chi connectivity index (χ2v) is 5.12. The minimum atomic E-state index is -3.46. The van der Waals surface area contributed by atoms with Crippen LogP contribution in [0.25, 0.3) is 0 Å². The van der Waals surface area contributed by atoms with Gasteiger partial charge in [-0.05, 0) is 25.5 Å². The van der Waals surface area contributed by atoms with Gasteiger partial charge in [-0.2, -0.15) is 0 Å². The Labute approximate surface area is 93.9 Å². The van der Waals surface area contributed by atoms with Crippen molar-refractivity contribution in [3.8, 4) is 0 Å². The zero-order valence-electron chi connectivity index (χ0n) is 8.89. The predicted molar refractivity (Wildman–Crippen MR) is 58.4 cm³/mol. The van der Waals surface area contributed by atoms with Gasteiger partial charge in [-0.1, -0.05) is 0 Å². The molecule has 0 atom stereocenters. The van der Waals surface area contributed by atoms with Crippen LogP contribution >= 0.6 is 0 Å². The lowest BCUT2D eigenvalue weighted by Gasteiger charge is -2.01. The first-order valence-corrected chi connectivity index (χ1v) is 6.45. The van der Waals surface area contributed by atoms with E-state index in [1.807, 2.05) is 0 Å². The first kappa shape index (κ1) is 12.7. The summed E-state index contributed by atoms with van der Waals surface area (Å²) >= 11 is 0. The van der Waals surface area contributed by atoms with Gasteiger partial charge >= 0.3 is 0 Å². The number of rotatable bonds is 5. The van der Waals surface area contributed by atoms with Crippen LogP contribution in [0.1, 0.15) is 22.7 Å². The molecule has 0 unspecified atom stereocenters. The molecule has 0 saturated carbocycles. The Kier molecular flexibility index (Phi) is 4.08. The van der Waals surface area contributed by atoms with Gasteiger partial charge in [0.25, 0.3) is 5.91 Å². The van der Waals surface area contributed by atoms with Crippen LogP contribution in [0.15, 0.2) is 16.5 Å². The molecule has 0 aliphatic rings.